The van der Waals surface area contributed by atoms with Crippen LogP contribution in [0.4, 0.5) is 0 Å². The van der Waals surface area contributed by atoms with Crippen molar-refractivity contribution in [3.63, 3.8) is 0 Å². The zero-order valence-electron chi connectivity index (χ0n) is 14.6. The Labute approximate surface area is 174 Å². The molecule has 27 heavy (non-hydrogen) atoms. The summed E-state index contributed by atoms with van der Waals surface area (Å²) in [6, 6.07) is 10.3. The Morgan fingerprint density at radius 1 is 1.33 bits per heavy atom. The fourth-order valence-electron chi connectivity index (χ4n) is 3.17. The van der Waals surface area contributed by atoms with E-state index in [1.54, 1.807) is 6.92 Å². The SMILES string of the molecule is CCOC(=O)CSc1nnc(Br)n1-c1c(Cl)cc(C2CC2)c2ccccc12. The van der Waals surface area contributed by atoms with Crippen LogP contribution >= 0.6 is 39.3 Å². The van der Waals surface area contributed by atoms with Crippen LogP contribution in [-0.4, -0.2) is 33.1 Å². The van der Waals surface area contributed by atoms with Crippen LogP contribution in [0.5, 0.6) is 0 Å². The lowest BCUT2D eigenvalue weighted by Gasteiger charge is -2.16. The number of rotatable bonds is 6. The smallest absolute Gasteiger partial charge is 0.316 e. The van der Waals surface area contributed by atoms with Gasteiger partial charge in [0.2, 0.25) is 4.73 Å². The first-order valence-corrected chi connectivity index (χ1v) is 10.9. The molecule has 0 amide bonds. The zero-order chi connectivity index (χ0) is 19.0. The lowest BCUT2D eigenvalue weighted by Crippen LogP contribution is -2.08. The maximum atomic E-state index is 11.7. The summed E-state index contributed by atoms with van der Waals surface area (Å²) in [5.41, 5.74) is 2.11. The van der Waals surface area contributed by atoms with Crippen molar-refractivity contribution in [2.24, 2.45) is 0 Å². The number of nitrogens with zero attached hydrogens (tertiary/aromatic N) is 3. The van der Waals surface area contributed by atoms with Crippen molar-refractivity contribution in [2.45, 2.75) is 30.8 Å². The number of benzene rings is 2. The lowest BCUT2D eigenvalue weighted by atomic mass is 9.99. The van der Waals surface area contributed by atoms with E-state index in [0.29, 0.717) is 27.4 Å². The largest absolute Gasteiger partial charge is 0.465 e. The number of fused-ring (bicyclic) bond motifs is 1. The van der Waals surface area contributed by atoms with Crippen LogP contribution in [0.3, 0.4) is 0 Å². The van der Waals surface area contributed by atoms with Crippen molar-refractivity contribution in [2.75, 3.05) is 12.4 Å². The second-order valence-corrected chi connectivity index (χ2v) is 8.36. The van der Waals surface area contributed by atoms with Gasteiger partial charge in [0.1, 0.15) is 0 Å². The van der Waals surface area contributed by atoms with Gasteiger partial charge in [-0.3, -0.25) is 9.36 Å². The van der Waals surface area contributed by atoms with E-state index in [4.69, 9.17) is 16.3 Å². The molecule has 140 valence electrons. The third-order valence-corrected chi connectivity index (χ3v) is 6.16. The van der Waals surface area contributed by atoms with Crippen LogP contribution in [0, 0.1) is 0 Å². The number of carbonyl (C=O) groups excluding carboxylic acids is 1. The van der Waals surface area contributed by atoms with E-state index in [-0.39, 0.29) is 11.7 Å². The van der Waals surface area contributed by atoms with E-state index in [0.717, 1.165) is 11.1 Å². The highest BCUT2D eigenvalue weighted by atomic mass is 79.9. The van der Waals surface area contributed by atoms with Gasteiger partial charge in [-0.25, -0.2) is 0 Å². The Morgan fingerprint density at radius 2 is 2.07 bits per heavy atom. The summed E-state index contributed by atoms with van der Waals surface area (Å²) < 4.78 is 7.40. The Kier molecular flexibility index (Phi) is 5.43. The molecular weight excluding hydrogens is 450 g/mol. The van der Waals surface area contributed by atoms with Crippen molar-refractivity contribution in [1.29, 1.82) is 0 Å². The molecule has 0 spiro atoms. The molecule has 0 N–H and O–H groups in total. The normalized spacial score (nSPS) is 13.9. The minimum absolute atomic E-state index is 0.161. The van der Waals surface area contributed by atoms with Gasteiger partial charge in [0.25, 0.3) is 0 Å². The van der Waals surface area contributed by atoms with E-state index in [1.807, 2.05) is 16.7 Å². The average molecular weight is 467 g/mol. The summed E-state index contributed by atoms with van der Waals surface area (Å²) in [5, 5.41) is 11.8. The molecule has 0 unspecified atom stereocenters. The molecule has 1 aromatic heterocycles. The van der Waals surface area contributed by atoms with E-state index >= 15 is 0 Å². The first-order valence-electron chi connectivity index (χ1n) is 8.71. The van der Waals surface area contributed by atoms with Crippen molar-refractivity contribution in [3.8, 4) is 5.69 Å². The molecule has 0 radical (unpaired) electrons. The number of esters is 1. The molecule has 1 aliphatic rings. The van der Waals surface area contributed by atoms with E-state index < -0.39 is 0 Å². The molecule has 0 bridgehead atoms. The van der Waals surface area contributed by atoms with E-state index in [2.05, 4.69) is 44.3 Å². The predicted octanol–water partition coefficient (Wildman–Crippen LogP) is 5.37. The summed E-state index contributed by atoms with van der Waals surface area (Å²) >= 11 is 11.5. The number of carbonyl (C=O) groups is 1. The Balaban J connectivity index is 1.81. The Hall–Kier alpha value is -1.57. The number of aromatic nitrogens is 3. The maximum Gasteiger partial charge on any atom is 0.316 e. The van der Waals surface area contributed by atoms with Crippen LogP contribution in [-0.2, 0) is 9.53 Å². The Bertz CT molecular complexity index is 1020. The molecule has 1 saturated carbocycles. The molecule has 1 heterocycles. The summed E-state index contributed by atoms with van der Waals surface area (Å²) in [6.45, 7) is 2.14. The molecule has 8 heteroatoms. The number of thioether (sulfide) groups is 1. The average Bonchev–Trinajstić information content (AvgIpc) is 3.44. The number of halogens is 2. The molecule has 1 aliphatic carbocycles. The maximum absolute atomic E-state index is 11.7. The van der Waals surface area contributed by atoms with Gasteiger partial charge in [0.05, 0.1) is 23.1 Å². The standard InChI is InChI=1S/C19H17BrClN3O2S/c1-2-26-16(25)10-27-19-23-22-18(20)24(19)17-13-6-4-3-5-12(13)14(9-15(17)21)11-7-8-11/h3-6,9,11H,2,7-8,10H2,1H3. The van der Waals surface area contributed by atoms with Gasteiger partial charge in [-0.15, -0.1) is 10.2 Å². The second kappa shape index (κ2) is 7.81. The molecule has 3 aromatic rings. The Morgan fingerprint density at radius 3 is 2.78 bits per heavy atom. The highest BCUT2D eigenvalue weighted by Crippen LogP contribution is 2.46. The highest BCUT2D eigenvalue weighted by Gasteiger charge is 2.28. The van der Waals surface area contributed by atoms with Crippen molar-refractivity contribution in [3.05, 3.63) is 45.7 Å². The molecular formula is C19H17BrClN3O2S. The fourth-order valence-corrected chi connectivity index (χ4v) is 4.75. The molecule has 0 saturated heterocycles. The van der Waals surface area contributed by atoms with Gasteiger partial charge in [0.15, 0.2) is 5.16 Å². The summed E-state index contributed by atoms with van der Waals surface area (Å²) in [7, 11) is 0. The molecule has 5 nitrogen and oxygen atoms in total. The summed E-state index contributed by atoms with van der Waals surface area (Å²) in [4.78, 5) is 11.7. The van der Waals surface area contributed by atoms with E-state index in [1.165, 1.54) is 35.6 Å². The zero-order valence-corrected chi connectivity index (χ0v) is 17.8. The molecule has 4 rings (SSSR count). The fraction of sp³-hybridized carbons (Fsp3) is 0.316. The van der Waals surface area contributed by atoms with Crippen molar-refractivity contribution >= 4 is 56.0 Å². The quantitative estimate of drug-likeness (QED) is 0.361. The van der Waals surface area contributed by atoms with Crippen LogP contribution in [0.2, 0.25) is 5.02 Å². The number of hydrogen-bond acceptors (Lipinski definition) is 5. The van der Waals surface area contributed by atoms with E-state index in [9.17, 15) is 4.79 Å². The van der Waals surface area contributed by atoms with Crippen molar-refractivity contribution in [1.82, 2.24) is 14.8 Å². The minimum atomic E-state index is -0.284. The lowest BCUT2D eigenvalue weighted by molar-refractivity contribution is -0.139. The van der Waals surface area contributed by atoms with Crippen LogP contribution in [0.25, 0.3) is 16.5 Å². The van der Waals surface area contributed by atoms with Gasteiger partial charge < -0.3 is 4.74 Å². The summed E-state index contributed by atoms with van der Waals surface area (Å²) in [5.74, 6) is 0.464. The minimum Gasteiger partial charge on any atom is -0.465 e. The molecule has 0 atom stereocenters. The van der Waals surface area contributed by atoms with Gasteiger partial charge in [-0.1, -0.05) is 47.6 Å². The predicted molar refractivity (Wildman–Crippen MR) is 111 cm³/mol. The third-order valence-electron chi connectivity index (χ3n) is 4.46. The van der Waals surface area contributed by atoms with Crippen LogP contribution < -0.4 is 0 Å². The summed E-state index contributed by atoms with van der Waals surface area (Å²) in [6.07, 6.45) is 2.41. The molecule has 1 fully saturated rings. The van der Waals surface area contributed by atoms with Gasteiger partial charge >= 0.3 is 5.97 Å². The highest BCUT2D eigenvalue weighted by molar-refractivity contribution is 9.10. The van der Waals surface area contributed by atoms with Gasteiger partial charge in [-0.2, -0.15) is 0 Å². The van der Waals surface area contributed by atoms with Crippen LogP contribution in [0.15, 0.2) is 40.2 Å². The molecule has 2 aromatic carbocycles. The monoisotopic (exact) mass is 465 g/mol. The first kappa shape index (κ1) is 18.8. The number of hydrogen-bond donors (Lipinski definition) is 0. The topological polar surface area (TPSA) is 57.0 Å². The van der Waals surface area contributed by atoms with Gasteiger partial charge in [0, 0.05) is 5.39 Å². The first-order chi connectivity index (χ1) is 13.1. The molecule has 0 aliphatic heterocycles. The number of ether oxygens (including phenoxy) is 1. The van der Waals surface area contributed by atoms with Crippen LogP contribution in [0.1, 0.15) is 31.2 Å². The van der Waals surface area contributed by atoms with Gasteiger partial charge in [-0.05, 0) is 58.6 Å². The third kappa shape index (κ3) is 3.73. The van der Waals surface area contributed by atoms with Crippen molar-refractivity contribution < 1.29 is 9.53 Å². The second-order valence-electron chi connectivity index (χ2n) is 6.30.